The van der Waals surface area contributed by atoms with Crippen LogP contribution in [-0.4, -0.2) is 19.1 Å². The third-order valence-electron chi connectivity index (χ3n) is 5.98. The average Bonchev–Trinajstić information content (AvgIpc) is 3.43. The van der Waals surface area contributed by atoms with Crippen molar-refractivity contribution < 1.29 is 4.42 Å². The van der Waals surface area contributed by atoms with Crippen LogP contribution in [0.4, 0.5) is 5.69 Å². The molecule has 37 heavy (non-hydrogen) atoms. The summed E-state index contributed by atoms with van der Waals surface area (Å²) >= 11 is 1.32. The summed E-state index contributed by atoms with van der Waals surface area (Å²) in [6.45, 7) is 3.73. The summed E-state index contributed by atoms with van der Waals surface area (Å²) in [5.41, 5.74) is 2.83. The second kappa shape index (κ2) is 9.03. The summed E-state index contributed by atoms with van der Waals surface area (Å²) < 4.78 is 10.0. The molecule has 0 saturated carbocycles. The Bertz CT molecular complexity index is 1940. The molecule has 0 N–H and O–H groups in total. The Morgan fingerprint density at radius 2 is 1.59 bits per heavy atom. The van der Waals surface area contributed by atoms with Crippen LogP contribution in [0.15, 0.2) is 109 Å². The van der Waals surface area contributed by atoms with Gasteiger partial charge >= 0.3 is 11.3 Å². The number of para-hydroxylation sites is 2. The SMILES string of the molecule is Cc1ccc(-n2nc(C)n(-n3c(-c4cc5ccccc5oc4=O)csc3=Nc3ccccc3)c2=O)cc1. The van der Waals surface area contributed by atoms with Crippen molar-refractivity contribution in [1.82, 2.24) is 19.1 Å². The molecule has 0 amide bonds. The average molecular weight is 508 g/mol. The first kappa shape index (κ1) is 22.7. The largest absolute Gasteiger partial charge is 0.422 e. The lowest BCUT2D eigenvalue weighted by molar-refractivity contribution is 0.557. The standard InChI is InChI=1S/C28H21N5O3S/c1-18-12-14-22(15-13-18)31-28(35)32(19(2)30-31)33-24(17-37-27(33)29-21-9-4-3-5-10-21)23-16-20-8-6-7-11-25(20)36-26(23)34/h3-17H,1-2H3. The van der Waals surface area contributed by atoms with E-state index in [4.69, 9.17) is 9.41 Å². The van der Waals surface area contributed by atoms with Crippen LogP contribution in [0.5, 0.6) is 0 Å². The molecule has 0 aliphatic heterocycles. The maximum atomic E-state index is 13.8. The van der Waals surface area contributed by atoms with Gasteiger partial charge in [0.1, 0.15) is 5.58 Å². The number of nitrogens with zero attached hydrogens (tertiary/aromatic N) is 5. The Morgan fingerprint density at radius 1 is 0.865 bits per heavy atom. The van der Waals surface area contributed by atoms with Gasteiger partial charge in [0, 0.05) is 10.8 Å². The van der Waals surface area contributed by atoms with Crippen molar-refractivity contribution in [1.29, 1.82) is 0 Å². The van der Waals surface area contributed by atoms with Crippen LogP contribution in [0.25, 0.3) is 27.9 Å². The van der Waals surface area contributed by atoms with Gasteiger partial charge < -0.3 is 4.42 Å². The number of thiazole rings is 1. The molecule has 3 heterocycles. The zero-order valence-electron chi connectivity index (χ0n) is 20.0. The van der Waals surface area contributed by atoms with E-state index in [0.717, 1.165) is 10.9 Å². The van der Waals surface area contributed by atoms with Crippen molar-refractivity contribution in [2.45, 2.75) is 13.8 Å². The van der Waals surface area contributed by atoms with Crippen molar-refractivity contribution in [3.05, 3.63) is 127 Å². The van der Waals surface area contributed by atoms with Crippen molar-refractivity contribution in [2.24, 2.45) is 4.99 Å². The maximum Gasteiger partial charge on any atom is 0.370 e. The number of hydrogen-bond acceptors (Lipinski definition) is 6. The van der Waals surface area contributed by atoms with Crippen LogP contribution in [0, 0.1) is 13.8 Å². The second-order valence-corrected chi connectivity index (χ2v) is 9.37. The van der Waals surface area contributed by atoms with E-state index >= 15 is 0 Å². The molecule has 0 aliphatic rings. The summed E-state index contributed by atoms with van der Waals surface area (Å²) in [7, 11) is 0. The van der Waals surface area contributed by atoms with Crippen LogP contribution in [0.3, 0.4) is 0 Å². The fraction of sp³-hybridized carbons (Fsp3) is 0.0714. The van der Waals surface area contributed by atoms with Gasteiger partial charge in [-0.2, -0.15) is 9.36 Å². The van der Waals surface area contributed by atoms with E-state index in [9.17, 15) is 9.59 Å². The summed E-state index contributed by atoms with van der Waals surface area (Å²) in [5, 5.41) is 7.11. The molecule has 9 heteroatoms. The van der Waals surface area contributed by atoms with Gasteiger partial charge in [0.25, 0.3) is 0 Å². The molecule has 3 aromatic heterocycles. The molecule has 0 fully saturated rings. The molecule has 0 saturated heterocycles. The summed E-state index contributed by atoms with van der Waals surface area (Å²) in [6.07, 6.45) is 0. The van der Waals surface area contributed by atoms with Crippen LogP contribution < -0.4 is 16.1 Å². The number of fused-ring (bicyclic) bond motifs is 1. The smallest absolute Gasteiger partial charge is 0.370 e. The van der Waals surface area contributed by atoms with Crippen LogP contribution in [-0.2, 0) is 0 Å². The number of benzene rings is 3. The van der Waals surface area contributed by atoms with Crippen molar-refractivity contribution in [3.8, 4) is 16.9 Å². The van der Waals surface area contributed by atoms with Crippen LogP contribution >= 0.6 is 11.3 Å². The molecule has 8 nitrogen and oxygen atoms in total. The molecule has 6 aromatic rings. The first-order chi connectivity index (χ1) is 18.0. The van der Waals surface area contributed by atoms with Gasteiger partial charge in [-0.1, -0.05) is 54.1 Å². The minimum atomic E-state index is -0.506. The van der Waals surface area contributed by atoms with E-state index in [-0.39, 0.29) is 5.69 Å². The molecule has 0 unspecified atom stereocenters. The van der Waals surface area contributed by atoms with Gasteiger partial charge in [-0.3, -0.25) is 0 Å². The van der Waals surface area contributed by atoms with Gasteiger partial charge in [0.05, 0.1) is 22.6 Å². The molecule has 182 valence electrons. The fourth-order valence-corrected chi connectivity index (χ4v) is 5.03. The maximum absolute atomic E-state index is 13.8. The number of rotatable bonds is 4. The Hall–Kier alpha value is -4.76. The summed E-state index contributed by atoms with van der Waals surface area (Å²) in [6, 6.07) is 26.1. The lowest BCUT2D eigenvalue weighted by atomic mass is 10.1. The molecule has 6 rings (SSSR count). The van der Waals surface area contributed by atoms with E-state index < -0.39 is 5.63 Å². The van der Waals surface area contributed by atoms with E-state index in [1.54, 1.807) is 29.1 Å². The topological polar surface area (TPSA) is 87.3 Å². The molecule has 0 radical (unpaired) electrons. The fourth-order valence-electron chi connectivity index (χ4n) is 4.15. The highest BCUT2D eigenvalue weighted by Gasteiger charge is 2.21. The minimum Gasteiger partial charge on any atom is -0.422 e. The first-order valence-electron chi connectivity index (χ1n) is 11.6. The zero-order valence-corrected chi connectivity index (χ0v) is 20.8. The highest BCUT2D eigenvalue weighted by molar-refractivity contribution is 7.07. The number of hydrogen-bond donors (Lipinski definition) is 0. The Morgan fingerprint density at radius 3 is 2.38 bits per heavy atom. The van der Waals surface area contributed by atoms with Crippen molar-refractivity contribution >= 4 is 28.0 Å². The third-order valence-corrected chi connectivity index (χ3v) is 6.79. The molecule has 0 aliphatic carbocycles. The van der Waals surface area contributed by atoms with Gasteiger partial charge in [-0.15, -0.1) is 16.4 Å². The number of aromatic nitrogens is 4. The quantitative estimate of drug-likeness (QED) is 0.320. The molecular weight excluding hydrogens is 486 g/mol. The van der Waals surface area contributed by atoms with Gasteiger partial charge in [0.2, 0.25) is 4.80 Å². The van der Waals surface area contributed by atoms with Gasteiger partial charge in [0.15, 0.2) is 5.82 Å². The van der Waals surface area contributed by atoms with Crippen molar-refractivity contribution in [2.75, 3.05) is 0 Å². The Labute approximate surface area is 214 Å². The first-order valence-corrected chi connectivity index (χ1v) is 12.5. The normalized spacial score (nSPS) is 11.9. The summed E-state index contributed by atoms with van der Waals surface area (Å²) in [4.78, 5) is 32.1. The lowest BCUT2D eigenvalue weighted by Crippen LogP contribution is -2.35. The molecule has 3 aromatic carbocycles. The predicted molar refractivity (Wildman–Crippen MR) is 144 cm³/mol. The lowest BCUT2D eigenvalue weighted by Gasteiger charge is -2.10. The van der Waals surface area contributed by atoms with E-state index in [0.29, 0.717) is 38.8 Å². The predicted octanol–water partition coefficient (Wildman–Crippen LogP) is 4.83. The van der Waals surface area contributed by atoms with E-state index in [1.165, 1.54) is 20.7 Å². The second-order valence-electron chi connectivity index (χ2n) is 8.54. The molecular formula is C28H21N5O3S. The summed E-state index contributed by atoms with van der Waals surface area (Å²) in [5.74, 6) is 0.435. The van der Waals surface area contributed by atoms with Crippen LogP contribution in [0.1, 0.15) is 11.4 Å². The molecule has 0 bridgehead atoms. The Kier molecular flexibility index (Phi) is 5.54. The van der Waals surface area contributed by atoms with Gasteiger partial charge in [-0.05, 0) is 50.2 Å². The third kappa shape index (κ3) is 4.05. The monoisotopic (exact) mass is 507 g/mol. The minimum absolute atomic E-state index is 0.318. The molecule has 0 atom stereocenters. The number of aryl methyl sites for hydroxylation is 2. The zero-order chi connectivity index (χ0) is 25.5. The van der Waals surface area contributed by atoms with E-state index in [2.05, 4.69) is 5.10 Å². The van der Waals surface area contributed by atoms with Crippen molar-refractivity contribution in [3.63, 3.8) is 0 Å². The Balaban J connectivity index is 1.65. The van der Waals surface area contributed by atoms with Gasteiger partial charge in [-0.25, -0.2) is 19.3 Å². The van der Waals surface area contributed by atoms with E-state index in [1.807, 2.05) is 79.7 Å². The van der Waals surface area contributed by atoms with Crippen LogP contribution in [0.2, 0.25) is 0 Å². The highest BCUT2D eigenvalue weighted by Crippen LogP contribution is 2.23. The highest BCUT2D eigenvalue weighted by atomic mass is 32.1. The molecule has 0 spiro atoms.